The minimum Gasteiger partial charge on any atom is -0.489 e. The van der Waals surface area contributed by atoms with E-state index in [1.165, 1.54) is 6.07 Å². The minimum atomic E-state index is -1.04. The van der Waals surface area contributed by atoms with E-state index in [-0.39, 0.29) is 11.0 Å². The van der Waals surface area contributed by atoms with Crippen LogP contribution in [0.25, 0.3) is 0 Å². The molecule has 3 rings (SSSR count). The number of halogens is 1. The molecule has 22 heavy (non-hydrogen) atoms. The molecule has 1 heterocycles. The lowest BCUT2D eigenvalue weighted by atomic mass is 9.97. The fourth-order valence-corrected chi connectivity index (χ4v) is 2.39. The van der Waals surface area contributed by atoms with Gasteiger partial charge in [-0.3, -0.25) is 0 Å². The summed E-state index contributed by atoms with van der Waals surface area (Å²) in [5, 5.41) is 10.4. The maximum Gasteiger partial charge on any atom is 0.161 e. The second-order valence-corrected chi connectivity index (χ2v) is 6.37. The molecule has 0 amide bonds. The molecule has 0 aliphatic carbocycles. The van der Waals surface area contributed by atoms with Crippen LogP contribution >= 0.6 is 0 Å². The van der Waals surface area contributed by atoms with E-state index >= 15 is 0 Å². The highest BCUT2D eigenvalue weighted by molar-refractivity contribution is 5.46. The maximum absolute atomic E-state index is 13.8. The lowest BCUT2D eigenvalue weighted by Crippen LogP contribution is -2.26. The summed E-state index contributed by atoms with van der Waals surface area (Å²) >= 11 is 0. The molecule has 4 heteroatoms. The van der Waals surface area contributed by atoms with Gasteiger partial charge >= 0.3 is 0 Å². The molecule has 0 radical (unpaired) electrons. The summed E-state index contributed by atoms with van der Waals surface area (Å²) in [5.74, 6) is 0.803. The summed E-state index contributed by atoms with van der Waals surface area (Å²) < 4.78 is 25.4. The minimum absolute atomic E-state index is 0.0800. The molecule has 0 spiro atoms. The third-order valence-electron chi connectivity index (χ3n) is 3.72. The second kappa shape index (κ2) is 5.61. The maximum atomic E-state index is 13.8. The summed E-state index contributed by atoms with van der Waals surface area (Å²) in [6.07, 6.45) is -1.04. The molecule has 1 aliphatic rings. The highest BCUT2D eigenvalue weighted by atomic mass is 19.1. The molecule has 1 N–H and O–H groups in total. The fourth-order valence-electron chi connectivity index (χ4n) is 2.39. The first-order chi connectivity index (χ1) is 10.5. The highest BCUT2D eigenvalue weighted by Crippen LogP contribution is 2.37. The van der Waals surface area contributed by atoms with Gasteiger partial charge in [-0.25, -0.2) is 4.39 Å². The van der Waals surface area contributed by atoms with Crippen molar-refractivity contribution in [3.63, 3.8) is 0 Å². The Balaban J connectivity index is 1.91. The summed E-state index contributed by atoms with van der Waals surface area (Å²) in [6, 6.07) is 11.4. The van der Waals surface area contributed by atoms with Gasteiger partial charge in [0, 0.05) is 11.0 Å². The lowest BCUT2D eigenvalue weighted by Gasteiger charge is -2.19. The van der Waals surface area contributed by atoms with Crippen molar-refractivity contribution in [3.05, 3.63) is 59.4 Å². The zero-order valence-corrected chi connectivity index (χ0v) is 12.7. The average Bonchev–Trinajstić information content (AvgIpc) is 2.66. The Bertz CT molecular complexity index is 682. The SMILES string of the molecule is CC1(C)COc2ccc([C@H](O)c3ccccc3F)cc2OC1. The van der Waals surface area contributed by atoms with E-state index < -0.39 is 11.9 Å². The standard InChI is InChI=1S/C18H19FO3/c1-18(2)10-21-15-8-7-12(9-16(15)22-11-18)17(20)13-5-3-4-6-14(13)19/h3-9,17,20H,10-11H2,1-2H3/t17-/m0/s1. The largest absolute Gasteiger partial charge is 0.489 e. The molecule has 1 atom stereocenters. The Morgan fingerprint density at radius 1 is 1.05 bits per heavy atom. The first kappa shape index (κ1) is 14.9. The van der Waals surface area contributed by atoms with E-state index in [9.17, 15) is 9.50 Å². The van der Waals surface area contributed by atoms with Crippen LogP contribution in [0, 0.1) is 11.2 Å². The predicted octanol–water partition coefficient (Wildman–Crippen LogP) is 3.70. The first-order valence-electron chi connectivity index (χ1n) is 7.28. The Morgan fingerprint density at radius 2 is 1.73 bits per heavy atom. The van der Waals surface area contributed by atoms with Crippen molar-refractivity contribution in [1.82, 2.24) is 0 Å². The van der Waals surface area contributed by atoms with E-state index in [4.69, 9.17) is 9.47 Å². The van der Waals surface area contributed by atoms with Crippen LogP contribution in [0.5, 0.6) is 11.5 Å². The number of aliphatic hydroxyl groups is 1. The average molecular weight is 302 g/mol. The molecule has 0 fully saturated rings. The van der Waals surface area contributed by atoms with E-state index in [0.29, 0.717) is 30.3 Å². The van der Waals surface area contributed by atoms with Crippen LogP contribution in [-0.4, -0.2) is 18.3 Å². The van der Waals surface area contributed by atoms with Gasteiger partial charge in [-0.15, -0.1) is 0 Å². The van der Waals surface area contributed by atoms with Gasteiger partial charge in [0.2, 0.25) is 0 Å². The van der Waals surface area contributed by atoms with E-state index in [2.05, 4.69) is 13.8 Å². The third-order valence-corrected chi connectivity index (χ3v) is 3.72. The zero-order valence-electron chi connectivity index (χ0n) is 12.7. The molecular formula is C18H19FO3. The molecule has 0 aromatic heterocycles. The van der Waals surface area contributed by atoms with Gasteiger partial charge in [0.25, 0.3) is 0 Å². The molecule has 2 aromatic rings. The quantitative estimate of drug-likeness (QED) is 0.919. The number of aliphatic hydroxyl groups excluding tert-OH is 1. The van der Waals surface area contributed by atoms with Gasteiger partial charge in [0.15, 0.2) is 11.5 Å². The van der Waals surface area contributed by atoms with E-state index in [1.54, 1.807) is 36.4 Å². The van der Waals surface area contributed by atoms with Crippen molar-refractivity contribution in [1.29, 1.82) is 0 Å². The molecule has 116 valence electrons. The Hall–Kier alpha value is -2.07. The van der Waals surface area contributed by atoms with Gasteiger partial charge in [-0.05, 0) is 23.8 Å². The van der Waals surface area contributed by atoms with Crippen LogP contribution in [0.2, 0.25) is 0 Å². The smallest absolute Gasteiger partial charge is 0.161 e. The zero-order chi connectivity index (χ0) is 15.7. The number of ether oxygens (including phenoxy) is 2. The van der Waals surface area contributed by atoms with Crippen molar-refractivity contribution >= 4 is 0 Å². The van der Waals surface area contributed by atoms with Crippen LogP contribution in [0.1, 0.15) is 31.1 Å². The molecule has 0 bridgehead atoms. The van der Waals surface area contributed by atoms with Crippen molar-refractivity contribution in [2.75, 3.05) is 13.2 Å². The van der Waals surface area contributed by atoms with Crippen LogP contribution in [0.15, 0.2) is 42.5 Å². The Morgan fingerprint density at radius 3 is 2.45 bits per heavy atom. The summed E-state index contributed by atoms with van der Waals surface area (Å²) in [5.41, 5.74) is 0.744. The normalized spacial score (nSPS) is 17.6. The Labute approximate surface area is 129 Å². The highest BCUT2D eigenvalue weighted by Gasteiger charge is 2.26. The monoisotopic (exact) mass is 302 g/mol. The fraction of sp³-hybridized carbons (Fsp3) is 0.333. The molecule has 3 nitrogen and oxygen atoms in total. The van der Waals surface area contributed by atoms with Crippen molar-refractivity contribution in [2.45, 2.75) is 20.0 Å². The van der Waals surface area contributed by atoms with E-state index in [0.717, 1.165) is 0 Å². The molecule has 0 saturated carbocycles. The number of fused-ring (bicyclic) bond motifs is 1. The third kappa shape index (κ3) is 2.92. The summed E-state index contributed by atoms with van der Waals surface area (Å²) in [4.78, 5) is 0. The van der Waals surface area contributed by atoms with Gasteiger partial charge in [0.05, 0.1) is 13.2 Å². The molecule has 0 saturated heterocycles. The number of hydrogen-bond donors (Lipinski definition) is 1. The first-order valence-corrected chi connectivity index (χ1v) is 7.28. The van der Waals surface area contributed by atoms with Crippen LogP contribution in [0.3, 0.4) is 0 Å². The van der Waals surface area contributed by atoms with Crippen LogP contribution < -0.4 is 9.47 Å². The number of benzene rings is 2. The Kier molecular flexibility index (Phi) is 3.79. The lowest BCUT2D eigenvalue weighted by molar-refractivity contribution is 0.140. The molecule has 2 aromatic carbocycles. The molecular weight excluding hydrogens is 283 g/mol. The molecule has 0 unspecified atom stereocenters. The van der Waals surface area contributed by atoms with Crippen molar-refractivity contribution in [3.8, 4) is 11.5 Å². The number of hydrogen-bond acceptors (Lipinski definition) is 3. The summed E-state index contributed by atoms with van der Waals surface area (Å²) in [7, 11) is 0. The van der Waals surface area contributed by atoms with Gasteiger partial charge < -0.3 is 14.6 Å². The molecule has 1 aliphatic heterocycles. The van der Waals surface area contributed by atoms with Crippen molar-refractivity contribution in [2.24, 2.45) is 5.41 Å². The van der Waals surface area contributed by atoms with Gasteiger partial charge in [0.1, 0.15) is 11.9 Å². The van der Waals surface area contributed by atoms with Crippen LogP contribution in [-0.2, 0) is 0 Å². The van der Waals surface area contributed by atoms with Gasteiger partial charge in [-0.2, -0.15) is 0 Å². The topological polar surface area (TPSA) is 38.7 Å². The number of rotatable bonds is 2. The van der Waals surface area contributed by atoms with Crippen LogP contribution in [0.4, 0.5) is 4.39 Å². The van der Waals surface area contributed by atoms with Crippen molar-refractivity contribution < 1.29 is 19.0 Å². The van der Waals surface area contributed by atoms with Gasteiger partial charge in [-0.1, -0.05) is 38.1 Å². The predicted molar refractivity (Wildman–Crippen MR) is 81.7 cm³/mol. The second-order valence-electron chi connectivity index (χ2n) is 6.37. The van der Waals surface area contributed by atoms with E-state index in [1.807, 2.05) is 0 Å². The summed E-state index contributed by atoms with van der Waals surface area (Å²) in [6.45, 7) is 5.22.